The van der Waals surface area contributed by atoms with Crippen molar-refractivity contribution in [3.8, 4) is 5.88 Å². The summed E-state index contributed by atoms with van der Waals surface area (Å²) in [6.07, 6.45) is 0. The molecule has 0 fully saturated rings. The SMILES string of the molecule is [2H]c1c(C)nc(O)c(C(C)C)c1[2H]. The Morgan fingerprint density at radius 2 is 2.18 bits per heavy atom. The van der Waals surface area contributed by atoms with E-state index in [2.05, 4.69) is 4.98 Å². The van der Waals surface area contributed by atoms with Gasteiger partial charge in [-0.2, -0.15) is 0 Å². The first-order valence-corrected chi connectivity index (χ1v) is 3.61. The molecule has 0 aromatic carbocycles. The molecule has 0 saturated carbocycles. The smallest absolute Gasteiger partial charge is 0.214 e. The van der Waals surface area contributed by atoms with Crippen molar-refractivity contribution in [2.75, 3.05) is 0 Å². The zero-order valence-electron chi connectivity index (χ0n) is 8.97. The third-order valence-electron chi connectivity index (χ3n) is 1.47. The Balaban J connectivity index is 3.44. The molecule has 0 spiro atoms. The van der Waals surface area contributed by atoms with Crippen LogP contribution in [0.3, 0.4) is 0 Å². The van der Waals surface area contributed by atoms with E-state index < -0.39 is 0 Å². The van der Waals surface area contributed by atoms with Crippen molar-refractivity contribution in [2.45, 2.75) is 26.7 Å². The minimum atomic E-state index is -0.117. The molecule has 1 heterocycles. The fourth-order valence-corrected chi connectivity index (χ4v) is 0.863. The van der Waals surface area contributed by atoms with E-state index in [4.69, 9.17) is 2.74 Å². The highest BCUT2D eigenvalue weighted by Gasteiger charge is 2.05. The van der Waals surface area contributed by atoms with Crippen LogP contribution in [0.4, 0.5) is 0 Å². The zero-order chi connectivity index (χ0) is 10.2. The van der Waals surface area contributed by atoms with Crippen LogP contribution in [0, 0.1) is 6.92 Å². The topological polar surface area (TPSA) is 33.1 Å². The average molecular weight is 153 g/mol. The monoisotopic (exact) mass is 153 g/mol. The van der Waals surface area contributed by atoms with E-state index >= 15 is 0 Å². The van der Waals surface area contributed by atoms with E-state index in [1.807, 2.05) is 13.8 Å². The van der Waals surface area contributed by atoms with Crippen molar-refractivity contribution in [1.29, 1.82) is 0 Å². The first kappa shape index (κ1) is 5.58. The Morgan fingerprint density at radius 3 is 2.73 bits per heavy atom. The second kappa shape index (κ2) is 2.91. The van der Waals surface area contributed by atoms with E-state index in [1.165, 1.54) is 0 Å². The second-order valence-corrected chi connectivity index (χ2v) is 2.84. The molecule has 2 nitrogen and oxygen atoms in total. The van der Waals surface area contributed by atoms with Crippen molar-refractivity contribution in [1.82, 2.24) is 4.98 Å². The molecule has 2 heteroatoms. The Morgan fingerprint density at radius 1 is 1.55 bits per heavy atom. The van der Waals surface area contributed by atoms with Gasteiger partial charge in [-0.15, -0.1) is 0 Å². The lowest BCUT2D eigenvalue weighted by atomic mass is 10.1. The first-order valence-electron chi connectivity index (χ1n) is 4.61. The van der Waals surface area contributed by atoms with Gasteiger partial charge in [0, 0.05) is 11.3 Å². The van der Waals surface area contributed by atoms with Gasteiger partial charge in [0.1, 0.15) is 0 Å². The predicted molar refractivity (Wildman–Crippen MR) is 44.7 cm³/mol. The summed E-state index contributed by atoms with van der Waals surface area (Å²) in [4.78, 5) is 3.80. The maximum atomic E-state index is 9.45. The molecule has 0 aliphatic carbocycles. The van der Waals surface area contributed by atoms with Gasteiger partial charge in [0.2, 0.25) is 5.88 Å². The summed E-state index contributed by atoms with van der Waals surface area (Å²) in [5.74, 6) is -0.0989. The van der Waals surface area contributed by atoms with E-state index in [0.717, 1.165) is 0 Å². The number of rotatable bonds is 1. The van der Waals surface area contributed by atoms with Gasteiger partial charge in [-0.1, -0.05) is 19.9 Å². The Labute approximate surface area is 69.7 Å². The molecule has 1 aromatic rings. The number of aromatic hydroxyl groups is 1. The van der Waals surface area contributed by atoms with Crippen molar-refractivity contribution >= 4 is 0 Å². The predicted octanol–water partition coefficient (Wildman–Crippen LogP) is 2.22. The van der Waals surface area contributed by atoms with Crippen molar-refractivity contribution < 1.29 is 7.85 Å². The largest absolute Gasteiger partial charge is 0.493 e. The van der Waals surface area contributed by atoms with Gasteiger partial charge >= 0.3 is 0 Å². The van der Waals surface area contributed by atoms with Gasteiger partial charge in [-0.25, -0.2) is 4.98 Å². The number of aryl methyl sites for hydroxylation is 1. The highest BCUT2D eigenvalue weighted by molar-refractivity contribution is 5.29. The lowest BCUT2D eigenvalue weighted by Gasteiger charge is -2.06. The fourth-order valence-electron chi connectivity index (χ4n) is 0.863. The lowest BCUT2D eigenvalue weighted by molar-refractivity contribution is 0.441. The van der Waals surface area contributed by atoms with E-state index in [0.29, 0.717) is 11.3 Å². The normalized spacial score (nSPS) is 13.1. The molecule has 0 unspecified atom stereocenters. The molecule has 0 radical (unpaired) electrons. The van der Waals surface area contributed by atoms with Gasteiger partial charge in [-0.05, 0) is 18.9 Å². The number of pyridine rings is 1. The summed E-state index contributed by atoms with van der Waals surface area (Å²) < 4.78 is 15.1. The third-order valence-corrected chi connectivity index (χ3v) is 1.47. The number of hydrogen-bond donors (Lipinski definition) is 1. The van der Waals surface area contributed by atoms with Crippen LogP contribution in [-0.2, 0) is 0 Å². The number of hydrogen-bond acceptors (Lipinski definition) is 2. The van der Waals surface area contributed by atoms with E-state index in [9.17, 15) is 5.11 Å². The summed E-state index contributed by atoms with van der Waals surface area (Å²) in [7, 11) is 0. The average Bonchev–Trinajstić information content (AvgIpc) is 1.99. The highest BCUT2D eigenvalue weighted by atomic mass is 16.3. The molecule has 0 amide bonds. The Hall–Kier alpha value is -1.05. The maximum Gasteiger partial charge on any atom is 0.214 e. The van der Waals surface area contributed by atoms with Gasteiger partial charge in [0.25, 0.3) is 0 Å². The van der Waals surface area contributed by atoms with Crippen LogP contribution in [0.5, 0.6) is 5.88 Å². The van der Waals surface area contributed by atoms with Crippen LogP contribution in [0.15, 0.2) is 12.1 Å². The summed E-state index contributed by atoms with van der Waals surface area (Å²) in [5, 5.41) is 9.45. The van der Waals surface area contributed by atoms with Gasteiger partial charge in [0.05, 0.1) is 2.74 Å². The molecule has 11 heavy (non-hydrogen) atoms. The minimum Gasteiger partial charge on any atom is -0.493 e. The number of nitrogens with zero attached hydrogens (tertiary/aromatic N) is 1. The lowest BCUT2D eigenvalue weighted by Crippen LogP contribution is -1.91. The molecule has 0 bridgehead atoms. The third kappa shape index (κ3) is 1.70. The van der Waals surface area contributed by atoms with Crippen LogP contribution >= 0.6 is 0 Å². The van der Waals surface area contributed by atoms with Crippen LogP contribution in [0.1, 0.15) is 33.8 Å². The molecule has 1 aromatic heterocycles. The molecular formula is C9H13NO. The molecule has 1 N–H and O–H groups in total. The molecule has 60 valence electrons. The van der Waals surface area contributed by atoms with Gasteiger partial charge in [0.15, 0.2) is 0 Å². The van der Waals surface area contributed by atoms with Crippen molar-refractivity contribution in [2.24, 2.45) is 0 Å². The van der Waals surface area contributed by atoms with Gasteiger partial charge in [-0.3, -0.25) is 0 Å². The van der Waals surface area contributed by atoms with Crippen LogP contribution in [0.2, 0.25) is 0 Å². The first-order chi connectivity index (χ1) is 5.95. The van der Waals surface area contributed by atoms with Crippen LogP contribution in [-0.4, -0.2) is 10.1 Å². The van der Waals surface area contributed by atoms with Crippen LogP contribution in [0.25, 0.3) is 0 Å². The quantitative estimate of drug-likeness (QED) is 0.671. The second-order valence-electron chi connectivity index (χ2n) is 2.84. The van der Waals surface area contributed by atoms with Crippen LogP contribution < -0.4 is 0 Å². The maximum absolute atomic E-state index is 9.45. The molecule has 0 atom stereocenters. The highest BCUT2D eigenvalue weighted by Crippen LogP contribution is 2.22. The molecule has 0 aliphatic heterocycles. The molecule has 0 saturated heterocycles. The fraction of sp³-hybridized carbons (Fsp3) is 0.444. The van der Waals surface area contributed by atoms with Crippen molar-refractivity contribution in [3.05, 3.63) is 23.3 Å². The standard InChI is InChI=1S/C9H13NO/c1-6(2)8-5-4-7(3)10-9(8)11/h4-6H,1-3H3,(H,10,11)/i4D,5D. The molecule has 1 rings (SSSR count). The van der Waals surface area contributed by atoms with Crippen molar-refractivity contribution in [3.63, 3.8) is 0 Å². The zero-order valence-corrected chi connectivity index (χ0v) is 6.97. The Bertz CT molecular complexity index is 337. The minimum absolute atomic E-state index is 0.0182. The Kier molecular flexibility index (Phi) is 1.47. The summed E-state index contributed by atoms with van der Waals surface area (Å²) >= 11 is 0. The van der Waals surface area contributed by atoms with Gasteiger partial charge < -0.3 is 5.11 Å². The molecular weight excluding hydrogens is 138 g/mol. The summed E-state index contributed by atoms with van der Waals surface area (Å²) in [6.45, 7) is 5.34. The molecule has 0 aliphatic rings. The summed E-state index contributed by atoms with van der Waals surface area (Å²) in [5.41, 5.74) is 0.850. The van der Waals surface area contributed by atoms with E-state index in [-0.39, 0.29) is 23.9 Å². The number of aromatic nitrogens is 1. The summed E-state index contributed by atoms with van der Waals surface area (Å²) in [6, 6.07) is 0.182. The van der Waals surface area contributed by atoms with E-state index in [1.54, 1.807) is 6.92 Å².